The highest BCUT2D eigenvalue weighted by Gasteiger charge is 1.99. The number of hydrogen-bond acceptors (Lipinski definition) is 2. The molecular formula is C11H22O2. The van der Waals surface area contributed by atoms with Crippen LogP contribution in [-0.4, -0.2) is 19.5 Å². The van der Waals surface area contributed by atoms with Gasteiger partial charge in [-0.3, -0.25) is 0 Å². The van der Waals surface area contributed by atoms with Crippen LogP contribution in [0.15, 0.2) is 0 Å². The van der Waals surface area contributed by atoms with Crippen LogP contribution < -0.4 is 0 Å². The first-order valence-electron chi connectivity index (χ1n) is 5.32. The fraction of sp³-hybridized carbons (Fsp3) is 0.909. The zero-order chi connectivity index (χ0) is 9.94. The molecule has 0 heterocycles. The van der Waals surface area contributed by atoms with Crippen molar-refractivity contribution in [3.8, 4) is 0 Å². The molecule has 78 valence electrons. The molecule has 1 atom stereocenters. The van der Waals surface area contributed by atoms with Gasteiger partial charge in [0.15, 0.2) is 0 Å². The van der Waals surface area contributed by atoms with E-state index in [-0.39, 0.29) is 0 Å². The Kier molecular flexibility index (Phi) is 9.44. The zero-order valence-electron chi connectivity index (χ0n) is 8.92. The minimum atomic E-state index is 0.629. The van der Waals surface area contributed by atoms with Crippen LogP contribution in [-0.2, 0) is 9.53 Å². The smallest absolute Gasteiger partial charge is 0.120 e. The molecule has 13 heavy (non-hydrogen) atoms. The monoisotopic (exact) mass is 186 g/mol. The molecule has 0 aromatic carbocycles. The van der Waals surface area contributed by atoms with Gasteiger partial charge in [0, 0.05) is 19.6 Å². The Hall–Kier alpha value is -0.370. The highest BCUT2D eigenvalue weighted by atomic mass is 16.5. The first-order valence-corrected chi connectivity index (χ1v) is 5.32. The minimum absolute atomic E-state index is 0.629. The van der Waals surface area contributed by atoms with E-state index in [0.29, 0.717) is 6.42 Å². The van der Waals surface area contributed by atoms with Gasteiger partial charge >= 0.3 is 0 Å². The van der Waals surface area contributed by atoms with Crippen LogP contribution in [0.25, 0.3) is 0 Å². The molecule has 0 aliphatic carbocycles. The zero-order valence-corrected chi connectivity index (χ0v) is 8.92. The Morgan fingerprint density at radius 2 is 2.08 bits per heavy atom. The van der Waals surface area contributed by atoms with E-state index in [1.54, 1.807) is 0 Å². The average molecular weight is 186 g/mol. The predicted molar refractivity (Wildman–Crippen MR) is 54.8 cm³/mol. The number of hydrogen-bond donors (Lipinski definition) is 0. The van der Waals surface area contributed by atoms with Crippen LogP contribution in [0.4, 0.5) is 0 Å². The molecule has 0 N–H and O–H groups in total. The molecule has 0 aromatic rings. The second kappa shape index (κ2) is 9.72. The fourth-order valence-corrected chi connectivity index (χ4v) is 1.29. The molecule has 0 aromatic heterocycles. The van der Waals surface area contributed by atoms with Gasteiger partial charge in [0.25, 0.3) is 0 Å². The number of rotatable bonds is 9. The summed E-state index contributed by atoms with van der Waals surface area (Å²) >= 11 is 0. The summed E-state index contributed by atoms with van der Waals surface area (Å²) in [5, 5.41) is 0. The molecule has 0 radical (unpaired) electrons. The molecule has 2 heteroatoms. The van der Waals surface area contributed by atoms with E-state index in [1.165, 1.54) is 12.8 Å². The Labute approximate surface area is 81.7 Å². The summed E-state index contributed by atoms with van der Waals surface area (Å²) in [4.78, 5) is 9.98. The van der Waals surface area contributed by atoms with Crippen LogP contribution in [0.5, 0.6) is 0 Å². The lowest BCUT2D eigenvalue weighted by molar-refractivity contribution is -0.108. The lowest BCUT2D eigenvalue weighted by Gasteiger charge is -2.09. The Morgan fingerprint density at radius 3 is 2.69 bits per heavy atom. The van der Waals surface area contributed by atoms with Crippen molar-refractivity contribution in [1.29, 1.82) is 0 Å². The van der Waals surface area contributed by atoms with Gasteiger partial charge in [-0.25, -0.2) is 0 Å². The quantitative estimate of drug-likeness (QED) is 0.409. The van der Waals surface area contributed by atoms with Crippen molar-refractivity contribution in [3.63, 3.8) is 0 Å². The van der Waals surface area contributed by atoms with Crippen LogP contribution in [0, 0.1) is 5.92 Å². The van der Waals surface area contributed by atoms with Crippen molar-refractivity contribution in [2.45, 2.75) is 46.0 Å². The molecule has 0 saturated carbocycles. The van der Waals surface area contributed by atoms with Gasteiger partial charge in [-0.05, 0) is 18.8 Å². The molecule has 0 rings (SSSR count). The van der Waals surface area contributed by atoms with E-state index in [9.17, 15) is 4.79 Å². The maximum Gasteiger partial charge on any atom is 0.120 e. The normalized spacial score (nSPS) is 12.8. The van der Waals surface area contributed by atoms with Gasteiger partial charge in [-0.15, -0.1) is 0 Å². The topological polar surface area (TPSA) is 26.3 Å². The molecule has 1 unspecified atom stereocenters. The third-order valence-corrected chi connectivity index (χ3v) is 2.15. The van der Waals surface area contributed by atoms with E-state index < -0.39 is 0 Å². The van der Waals surface area contributed by atoms with E-state index in [2.05, 4.69) is 13.8 Å². The standard InChI is InChI=1S/C11H22O2/c1-3-6-11(2)7-10-13-9-5-4-8-12/h8,11H,3-7,9-10H2,1-2H3. The summed E-state index contributed by atoms with van der Waals surface area (Å²) in [7, 11) is 0. The van der Waals surface area contributed by atoms with Crippen molar-refractivity contribution >= 4 is 6.29 Å². The van der Waals surface area contributed by atoms with E-state index in [4.69, 9.17) is 4.74 Å². The number of carbonyl (C=O) groups excluding carboxylic acids is 1. The lowest BCUT2D eigenvalue weighted by Crippen LogP contribution is -2.03. The number of ether oxygens (including phenoxy) is 1. The van der Waals surface area contributed by atoms with Gasteiger partial charge in [-0.1, -0.05) is 26.7 Å². The Bertz CT molecular complexity index is 113. The Balaban J connectivity index is 3.01. The maximum absolute atomic E-state index is 9.98. The van der Waals surface area contributed by atoms with Crippen molar-refractivity contribution in [2.24, 2.45) is 5.92 Å². The van der Waals surface area contributed by atoms with Crippen molar-refractivity contribution in [2.75, 3.05) is 13.2 Å². The summed E-state index contributed by atoms with van der Waals surface area (Å²) < 4.78 is 5.39. The van der Waals surface area contributed by atoms with Crippen LogP contribution >= 0.6 is 0 Å². The highest BCUT2D eigenvalue weighted by Crippen LogP contribution is 2.09. The van der Waals surface area contributed by atoms with Gasteiger partial charge < -0.3 is 9.53 Å². The second-order valence-electron chi connectivity index (χ2n) is 3.60. The average Bonchev–Trinajstić information content (AvgIpc) is 2.11. The molecule has 0 saturated heterocycles. The summed E-state index contributed by atoms with van der Waals surface area (Å²) in [6, 6.07) is 0. The lowest BCUT2D eigenvalue weighted by atomic mass is 10.0. The summed E-state index contributed by atoms with van der Waals surface area (Å²) in [5.41, 5.74) is 0. The van der Waals surface area contributed by atoms with Crippen molar-refractivity contribution in [1.82, 2.24) is 0 Å². The third-order valence-electron chi connectivity index (χ3n) is 2.15. The van der Waals surface area contributed by atoms with E-state index >= 15 is 0 Å². The molecule has 0 aliphatic heterocycles. The van der Waals surface area contributed by atoms with Gasteiger partial charge in [-0.2, -0.15) is 0 Å². The van der Waals surface area contributed by atoms with Crippen LogP contribution in [0.2, 0.25) is 0 Å². The van der Waals surface area contributed by atoms with Gasteiger partial charge in [0.1, 0.15) is 6.29 Å². The first-order chi connectivity index (χ1) is 6.31. The van der Waals surface area contributed by atoms with Crippen LogP contribution in [0.1, 0.15) is 46.0 Å². The van der Waals surface area contributed by atoms with Gasteiger partial charge in [0.2, 0.25) is 0 Å². The van der Waals surface area contributed by atoms with E-state index in [0.717, 1.165) is 38.3 Å². The third kappa shape index (κ3) is 9.54. The number of unbranched alkanes of at least 4 members (excludes halogenated alkanes) is 1. The minimum Gasteiger partial charge on any atom is -0.381 e. The maximum atomic E-state index is 9.98. The van der Waals surface area contributed by atoms with Gasteiger partial charge in [0.05, 0.1) is 0 Å². The molecule has 0 amide bonds. The molecule has 0 aliphatic rings. The van der Waals surface area contributed by atoms with Crippen molar-refractivity contribution in [3.05, 3.63) is 0 Å². The summed E-state index contributed by atoms with van der Waals surface area (Å²) in [6.45, 7) is 6.05. The van der Waals surface area contributed by atoms with Crippen LogP contribution in [0.3, 0.4) is 0 Å². The molecular weight excluding hydrogens is 164 g/mol. The number of carbonyl (C=O) groups is 1. The highest BCUT2D eigenvalue weighted by molar-refractivity contribution is 5.48. The molecule has 0 spiro atoms. The second-order valence-corrected chi connectivity index (χ2v) is 3.60. The summed E-state index contributed by atoms with van der Waals surface area (Å²) in [6.07, 6.45) is 6.14. The SMILES string of the molecule is CCCC(C)CCOCCCC=O. The first kappa shape index (κ1) is 12.6. The van der Waals surface area contributed by atoms with E-state index in [1.807, 2.05) is 0 Å². The van der Waals surface area contributed by atoms with Crippen molar-refractivity contribution < 1.29 is 9.53 Å². The fourth-order valence-electron chi connectivity index (χ4n) is 1.29. The Morgan fingerprint density at radius 1 is 1.31 bits per heavy atom. The molecule has 2 nitrogen and oxygen atoms in total. The molecule has 0 fully saturated rings. The molecule has 0 bridgehead atoms. The number of aldehydes is 1. The largest absolute Gasteiger partial charge is 0.381 e. The predicted octanol–water partition coefficient (Wildman–Crippen LogP) is 2.81. The summed E-state index contributed by atoms with van der Waals surface area (Å²) in [5.74, 6) is 0.774.